The average Bonchev–Trinajstić information content (AvgIpc) is 2.30. The number of rotatable bonds is 8. The lowest BCUT2D eigenvalue weighted by Crippen LogP contribution is -2.20. The van der Waals surface area contributed by atoms with Crippen LogP contribution < -0.4 is 10.1 Å². The molecule has 4 nitrogen and oxygen atoms in total. The predicted molar refractivity (Wildman–Crippen MR) is 71.2 cm³/mol. The molecule has 0 atom stereocenters. The van der Waals surface area contributed by atoms with Crippen molar-refractivity contribution in [3.63, 3.8) is 0 Å². The highest BCUT2D eigenvalue weighted by Gasteiger charge is 2.02. The molecule has 0 bridgehead atoms. The number of carboxylic acid groups (broad SMARTS) is 1. The summed E-state index contributed by atoms with van der Waals surface area (Å²) in [6.45, 7) is 6.00. The molecule has 0 heterocycles. The summed E-state index contributed by atoms with van der Waals surface area (Å²) in [5, 5.41) is 11.5. The fourth-order valence-electron chi connectivity index (χ4n) is 1.72. The Morgan fingerprint density at radius 3 is 2.56 bits per heavy atom. The van der Waals surface area contributed by atoms with Crippen LogP contribution in [-0.2, 0) is 4.79 Å². The number of hydrogen-bond donors (Lipinski definition) is 2. The minimum Gasteiger partial charge on any atom is -0.493 e. The normalized spacial score (nSPS) is 10.3. The van der Waals surface area contributed by atoms with Crippen molar-refractivity contribution < 1.29 is 14.6 Å². The van der Waals surface area contributed by atoms with E-state index >= 15 is 0 Å². The molecular weight excluding hydrogens is 230 g/mol. The SMILES string of the molecule is Cc1cccc(C)c1OCCCNCCC(=O)O. The Morgan fingerprint density at radius 1 is 1.28 bits per heavy atom. The van der Waals surface area contributed by atoms with Gasteiger partial charge in [0, 0.05) is 6.54 Å². The van der Waals surface area contributed by atoms with Crippen LogP contribution in [0.2, 0.25) is 0 Å². The van der Waals surface area contributed by atoms with Crippen LogP contribution >= 0.6 is 0 Å². The van der Waals surface area contributed by atoms with Crippen LogP contribution in [0.25, 0.3) is 0 Å². The van der Waals surface area contributed by atoms with Crippen molar-refractivity contribution in [1.82, 2.24) is 5.32 Å². The van der Waals surface area contributed by atoms with E-state index in [-0.39, 0.29) is 6.42 Å². The lowest BCUT2D eigenvalue weighted by molar-refractivity contribution is -0.136. The fraction of sp³-hybridized carbons (Fsp3) is 0.500. The molecule has 0 aromatic heterocycles. The van der Waals surface area contributed by atoms with E-state index in [1.165, 1.54) is 0 Å². The van der Waals surface area contributed by atoms with Crippen LogP contribution in [0.1, 0.15) is 24.0 Å². The molecule has 0 amide bonds. The van der Waals surface area contributed by atoms with Crippen LogP contribution in [0.5, 0.6) is 5.75 Å². The summed E-state index contributed by atoms with van der Waals surface area (Å²) >= 11 is 0. The maximum absolute atomic E-state index is 10.3. The minimum absolute atomic E-state index is 0.164. The van der Waals surface area contributed by atoms with Crippen LogP contribution in [0.3, 0.4) is 0 Å². The molecule has 1 rings (SSSR count). The molecule has 0 spiro atoms. The maximum Gasteiger partial charge on any atom is 0.304 e. The molecule has 0 aliphatic rings. The highest BCUT2D eigenvalue weighted by Crippen LogP contribution is 2.22. The smallest absolute Gasteiger partial charge is 0.304 e. The topological polar surface area (TPSA) is 58.6 Å². The first kappa shape index (κ1) is 14.5. The van der Waals surface area contributed by atoms with E-state index < -0.39 is 5.97 Å². The van der Waals surface area contributed by atoms with E-state index in [0.29, 0.717) is 13.2 Å². The second-order valence-electron chi connectivity index (χ2n) is 4.32. The molecular formula is C14H21NO3. The zero-order chi connectivity index (χ0) is 13.4. The second kappa shape index (κ2) is 7.71. The molecule has 0 fully saturated rings. The van der Waals surface area contributed by atoms with Crippen LogP contribution in [-0.4, -0.2) is 30.8 Å². The number of para-hydroxylation sites is 1. The van der Waals surface area contributed by atoms with Gasteiger partial charge in [-0.3, -0.25) is 4.79 Å². The Hall–Kier alpha value is -1.55. The van der Waals surface area contributed by atoms with Gasteiger partial charge in [-0.1, -0.05) is 18.2 Å². The molecule has 2 N–H and O–H groups in total. The summed E-state index contributed by atoms with van der Waals surface area (Å²) in [6, 6.07) is 6.09. The largest absolute Gasteiger partial charge is 0.493 e. The molecule has 100 valence electrons. The van der Waals surface area contributed by atoms with Gasteiger partial charge in [-0.15, -0.1) is 0 Å². The monoisotopic (exact) mass is 251 g/mol. The molecule has 0 saturated heterocycles. The number of benzene rings is 1. The molecule has 18 heavy (non-hydrogen) atoms. The fourth-order valence-corrected chi connectivity index (χ4v) is 1.72. The number of carboxylic acids is 1. The van der Waals surface area contributed by atoms with Gasteiger partial charge in [0.15, 0.2) is 0 Å². The van der Waals surface area contributed by atoms with E-state index in [9.17, 15) is 4.79 Å². The van der Waals surface area contributed by atoms with Crippen LogP contribution in [0.4, 0.5) is 0 Å². The van der Waals surface area contributed by atoms with Gasteiger partial charge < -0.3 is 15.2 Å². The van der Waals surface area contributed by atoms with E-state index in [0.717, 1.165) is 29.8 Å². The van der Waals surface area contributed by atoms with E-state index in [1.807, 2.05) is 32.0 Å². The highest BCUT2D eigenvalue weighted by atomic mass is 16.5. The predicted octanol–water partition coefficient (Wildman–Crippen LogP) is 2.14. The molecule has 0 radical (unpaired) electrons. The number of aliphatic carboxylic acids is 1. The molecule has 0 aliphatic carbocycles. The summed E-state index contributed by atoms with van der Waals surface area (Å²) < 4.78 is 5.74. The molecule has 1 aromatic carbocycles. The number of carbonyl (C=O) groups is 1. The zero-order valence-corrected chi connectivity index (χ0v) is 11.0. The van der Waals surface area contributed by atoms with Gasteiger partial charge in [-0.05, 0) is 37.9 Å². The lowest BCUT2D eigenvalue weighted by Gasteiger charge is -2.11. The van der Waals surface area contributed by atoms with Gasteiger partial charge in [0.2, 0.25) is 0 Å². The Kier molecular flexibility index (Phi) is 6.22. The van der Waals surface area contributed by atoms with Gasteiger partial charge in [0.1, 0.15) is 5.75 Å². The van der Waals surface area contributed by atoms with Crippen molar-refractivity contribution in [2.24, 2.45) is 0 Å². The van der Waals surface area contributed by atoms with Crippen molar-refractivity contribution in [2.75, 3.05) is 19.7 Å². The van der Waals surface area contributed by atoms with E-state index in [1.54, 1.807) is 0 Å². The van der Waals surface area contributed by atoms with Crippen LogP contribution in [0.15, 0.2) is 18.2 Å². The highest BCUT2D eigenvalue weighted by molar-refractivity contribution is 5.66. The summed E-state index contributed by atoms with van der Waals surface area (Å²) in [7, 11) is 0. The second-order valence-corrected chi connectivity index (χ2v) is 4.32. The molecule has 4 heteroatoms. The third kappa shape index (κ3) is 5.19. The van der Waals surface area contributed by atoms with E-state index in [2.05, 4.69) is 5.32 Å². The van der Waals surface area contributed by atoms with Gasteiger partial charge in [0.25, 0.3) is 0 Å². The zero-order valence-electron chi connectivity index (χ0n) is 11.0. The molecule has 0 saturated carbocycles. The van der Waals surface area contributed by atoms with Crippen molar-refractivity contribution in [3.05, 3.63) is 29.3 Å². The Balaban J connectivity index is 2.16. The van der Waals surface area contributed by atoms with Crippen LogP contribution in [0, 0.1) is 13.8 Å². The first-order valence-corrected chi connectivity index (χ1v) is 6.23. The van der Waals surface area contributed by atoms with Crippen molar-refractivity contribution in [3.8, 4) is 5.75 Å². The standard InChI is InChI=1S/C14H21NO3/c1-11-5-3-6-12(2)14(11)18-10-4-8-15-9-7-13(16)17/h3,5-6,15H,4,7-10H2,1-2H3,(H,16,17). The number of ether oxygens (including phenoxy) is 1. The molecule has 1 aromatic rings. The molecule has 0 aliphatic heterocycles. The first-order chi connectivity index (χ1) is 8.61. The minimum atomic E-state index is -0.769. The summed E-state index contributed by atoms with van der Waals surface area (Å²) in [5.41, 5.74) is 2.29. The van der Waals surface area contributed by atoms with E-state index in [4.69, 9.17) is 9.84 Å². The van der Waals surface area contributed by atoms with Gasteiger partial charge >= 0.3 is 5.97 Å². The average molecular weight is 251 g/mol. The van der Waals surface area contributed by atoms with Gasteiger partial charge in [-0.25, -0.2) is 0 Å². The number of hydrogen-bond acceptors (Lipinski definition) is 3. The Bertz CT molecular complexity index is 370. The number of aryl methyl sites for hydroxylation is 2. The summed E-state index contributed by atoms with van der Waals surface area (Å²) in [5.74, 6) is 0.192. The summed E-state index contributed by atoms with van der Waals surface area (Å²) in [4.78, 5) is 10.3. The van der Waals surface area contributed by atoms with Crippen molar-refractivity contribution in [2.45, 2.75) is 26.7 Å². The van der Waals surface area contributed by atoms with Crippen molar-refractivity contribution >= 4 is 5.97 Å². The maximum atomic E-state index is 10.3. The van der Waals surface area contributed by atoms with Gasteiger partial charge in [-0.2, -0.15) is 0 Å². The third-order valence-corrected chi connectivity index (χ3v) is 2.67. The Morgan fingerprint density at radius 2 is 1.94 bits per heavy atom. The summed E-state index contributed by atoms with van der Waals surface area (Å²) in [6.07, 6.45) is 1.03. The third-order valence-electron chi connectivity index (χ3n) is 2.67. The van der Waals surface area contributed by atoms with Gasteiger partial charge in [0.05, 0.1) is 13.0 Å². The molecule has 0 unspecified atom stereocenters. The number of nitrogens with one attached hydrogen (secondary N) is 1. The Labute approximate surface area is 108 Å². The first-order valence-electron chi connectivity index (χ1n) is 6.23. The van der Waals surface area contributed by atoms with Crippen molar-refractivity contribution in [1.29, 1.82) is 0 Å². The lowest BCUT2D eigenvalue weighted by atomic mass is 10.1. The quantitative estimate of drug-likeness (QED) is 0.695.